The van der Waals surface area contributed by atoms with Crippen molar-refractivity contribution in [3.05, 3.63) is 29.3 Å². The Labute approximate surface area is 145 Å². The minimum atomic E-state index is -0.427. The quantitative estimate of drug-likeness (QED) is 0.815. The molecule has 4 heteroatoms. The summed E-state index contributed by atoms with van der Waals surface area (Å²) in [7, 11) is 0. The summed E-state index contributed by atoms with van der Waals surface area (Å²) in [5.74, 6) is 0.725. The number of fused-ring (bicyclic) bond motifs is 1. The van der Waals surface area contributed by atoms with E-state index < -0.39 is 5.60 Å². The summed E-state index contributed by atoms with van der Waals surface area (Å²) in [5.41, 5.74) is 4.04. The number of amides is 1. The van der Waals surface area contributed by atoms with Gasteiger partial charge in [0.1, 0.15) is 5.60 Å². The van der Waals surface area contributed by atoms with Crippen molar-refractivity contribution in [3.63, 3.8) is 0 Å². The van der Waals surface area contributed by atoms with Crippen LogP contribution in [-0.2, 0) is 11.2 Å². The Balaban J connectivity index is 1.66. The first kappa shape index (κ1) is 17.1. The number of hydrogen-bond donors (Lipinski definition) is 0. The molecule has 1 heterocycles. The van der Waals surface area contributed by atoms with Crippen molar-refractivity contribution >= 4 is 11.8 Å². The molecular formula is C20H30N2O2. The zero-order valence-corrected chi connectivity index (χ0v) is 15.5. The number of anilines is 1. The van der Waals surface area contributed by atoms with E-state index in [4.69, 9.17) is 4.74 Å². The zero-order chi connectivity index (χ0) is 17.3. The molecule has 1 aromatic carbocycles. The van der Waals surface area contributed by atoms with Gasteiger partial charge in [-0.25, -0.2) is 4.79 Å². The molecule has 132 valence electrons. The third-order valence-electron chi connectivity index (χ3n) is 5.14. The van der Waals surface area contributed by atoms with Crippen molar-refractivity contribution in [1.29, 1.82) is 0 Å². The smallest absolute Gasteiger partial charge is 0.410 e. The van der Waals surface area contributed by atoms with E-state index in [2.05, 4.69) is 30.0 Å². The molecule has 1 amide bonds. The van der Waals surface area contributed by atoms with Crippen molar-refractivity contribution in [3.8, 4) is 0 Å². The van der Waals surface area contributed by atoms with E-state index in [0.717, 1.165) is 32.1 Å². The van der Waals surface area contributed by atoms with E-state index in [-0.39, 0.29) is 6.09 Å². The van der Waals surface area contributed by atoms with Gasteiger partial charge < -0.3 is 14.5 Å². The van der Waals surface area contributed by atoms with Crippen molar-refractivity contribution < 1.29 is 9.53 Å². The SMILES string of the molecule is CCC1CCc2c1cccc2N1CCN(C(=O)OC(C)(C)C)CC1. The van der Waals surface area contributed by atoms with Crippen molar-refractivity contribution in [2.24, 2.45) is 0 Å². The Morgan fingerprint density at radius 3 is 2.54 bits per heavy atom. The summed E-state index contributed by atoms with van der Waals surface area (Å²) in [6.45, 7) is 11.3. The van der Waals surface area contributed by atoms with Crippen molar-refractivity contribution in [1.82, 2.24) is 4.90 Å². The second-order valence-electron chi connectivity index (χ2n) is 7.94. The van der Waals surface area contributed by atoms with Crippen LogP contribution in [0.4, 0.5) is 10.5 Å². The van der Waals surface area contributed by atoms with Crippen LogP contribution in [0.3, 0.4) is 0 Å². The fraction of sp³-hybridized carbons (Fsp3) is 0.650. The fourth-order valence-corrected chi connectivity index (χ4v) is 3.90. The first-order chi connectivity index (χ1) is 11.4. The number of benzene rings is 1. The molecule has 0 N–H and O–H groups in total. The van der Waals surface area contributed by atoms with E-state index in [0.29, 0.717) is 0 Å². The van der Waals surface area contributed by atoms with E-state index in [1.165, 1.54) is 30.5 Å². The monoisotopic (exact) mass is 330 g/mol. The number of carbonyl (C=O) groups is 1. The predicted molar refractivity (Wildman–Crippen MR) is 97.8 cm³/mol. The molecule has 1 aromatic rings. The third-order valence-corrected chi connectivity index (χ3v) is 5.14. The number of piperazine rings is 1. The van der Waals surface area contributed by atoms with Crippen LogP contribution in [0.5, 0.6) is 0 Å². The lowest BCUT2D eigenvalue weighted by molar-refractivity contribution is 0.0240. The zero-order valence-electron chi connectivity index (χ0n) is 15.5. The molecule has 1 atom stereocenters. The molecule has 0 aromatic heterocycles. The van der Waals surface area contributed by atoms with Crippen LogP contribution in [0.1, 0.15) is 57.6 Å². The molecule has 0 saturated carbocycles. The Kier molecular flexibility index (Phi) is 4.75. The molecule has 1 unspecified atom stereocenters. The maximum Gasteiger partial charge on any atom is 0.410 e. The van der Waals surface area contributed by atoms with Gasteiger partial charge in [0.05, 0.1) is 0 Å². The molecule has 1 aliphatic carbocycles. The maximum atomic E-state index is 12.2. The molecule has 0 bridgehead atoms. The van der Waals surface area contributed by atoms with Crippen LogP contribution < -0.4 is 4.90 Å². The average Bonchev–Trinajstić information content (AvgIpc) is 2.96. The fourth-order valence-electron chi connectivity index (χ4n) is 3.90. The van der Waals surface area contributed by atoms with E-state index >= 15 is 0 Å². The molecule has 0 radical (unpaired) electrons. The van der Waals surface area contributed by atoms with Gasteiger partial charge in [0, 0.05) is 31.9 Å². The van der Waals surface area contributed by atoms with Gasteiger partial charge in [-0.15, -0.1) is 0 Å². The average molecular weight is 330 g/mol. The van der Waals surface area contributed by atoms with Crippen molar-refractivity contribution in [2.75, 3.05) is 31.1 Å². The van der Waals surface area contributed by atoms with Crippen LogP contribution in [0, 0.1) is 0 Å². The van der Waals surface area contributed by atoms with Crippen LogP contribution >= 0.6 is 0 Å². The summed E-state index contributed by atoms with van der Waals surface area (Å²) < 4.78 is 5.49. The second-order valence-corrected chi connectivity index (χ2v) is 7.94. The minimum Gasteiger partial charge on any atom is -0.444 e. The lowest BCUT2D eigenvalue weighted by Gasteiger charge is -2.37. The molecule has 1 fully saturated rings. The number of rotatable bonds is 2. The Morgan fingerprint density at radius 1 is 1.21 bits per heavy atom. The van der Waals surface area contributed by atoms with Gasteiger partial charge in [-0.05, 0) is 63.1 Å². The number of ether oxygens (including phenoxy) is 1. The lowest BCUT2D eigenvalue weighted by Crippen LogP contribution is -2.50. The molecule has 24 heavy (non-hydrogen) atoms. The highest BCUT2D eigenvalue weighted by Crippen LogP contribution is 2.40. The highest BCUT2D eigenvalue weighted by atomic mass is 16.6. The molecule has 1 saturated heterocycles. The van der Waals surface area contributed by atoms with Crippen LogP contribution in [0.2, 0.25) is 0 Å². The Hall–Kier alpha value is -1.71. The number of hydrogen-bond acceptors (Lipinski definition) is 3. The first-order valence-electron chi connectivity index (χ1n) is 9.23. The Morgan fingerprint density at radius 2 is 1.92 bits per heavy atom. The topological polar surface area (TPSA) is 32.8 Å². The van der Waals surface area contributed by atoms with Crippen LogP contribution in [-0.4, -0.2) is 42.8 Å². The highest BCUT2D eigenvalue weighted by Gasteiger charge is 2.29. The van der Waals surface area contributed by atoms with Gasteiger partial charge >= 0.3 is 6.09 Å². The summed E-state index contributed by atoms with van der Waals surface area (Å²) >= 11 is 0. The normalized spacial score (nSPS) is 20.9. The van der Waals surface area contributed by atoms with E-state index in [9.17, 15) is 4.79 Å². The lowest BCUT2D eigenvalue weighted by atomic mass is 9.98. The Bertz CT molecular complexity index is 598. The number of nitrogens with zero attached hydrogens (tertiary/aromatic N) is 2. The summed E-state index contributed by atoms with van der Waals surface area (Å²) in [6, 6.07) is 6.75. The molecule has 3 rings (SSSR count). The van der Waals surface area contributed by atoms with E-state index in [1.807, 2.05) is 25.7 Å². The third kappa shape index (κ3) is 3.52. The number of carbonyl (C=O) groups excluding carboxylic acids is 1. The minimum absolute atomic E-state index is 0.188. The van der Waals surface area contributed by atoms with E-state index in [1.54, 1.807) is 5.56 Å². The summed E-state index contributed by atoms with van der Waals surface area (Å²) in [5, 5.41) is 0. The second kappa shape index (κ2) is 6.66. The van der Waals surface area contributed by atoms with Crippen LogP contribution in [0.15, 0.2) is 18.2 Å². The molecule has 1 aliphatic heterocycles. The predicted octanol–water partition coefficient (Wildman–Crippen LogP) is 4.18. The largest absolute Gasteiger partial charge is 0.444 e. The first-order valence-corrected chi connectivity index (χ1v) is 9.23. The van der Waals surface area contributed by atoms with Gasteiger partial charge in [-0.3, -0.25) is 0 Å². The van der Waals surface area contributed by atoms with Crippen LogP contribution in [0.25, 0.3) is 0 Å². The highest BCUT2D eigenvalue weighted by molar-refractivity contribution is 5.69. The molecule has 2 aliphatic rings. The van der Waals surface area contributed by atoms with Crippen molar-refractivity contribution in [2.45, 2.75) is 58.5 Å². The van der Waals surface area contributed by atoms with Gasteiger partial charge in [-0.2, -0.15) is 0 Å². The summed E-state index contributed by atoms with van der Waals surface area (Å²) in [6.07, 6.45) is 3.51. The molecule has 0 spiro atoms. The standard InChI is InChI=1S/C20H30N2O2/c1-5-15-9-10-17-16(15)7-6-8-18(17)21-11-13-22(14-12-21)19(23)24-20(2,3)4/h6-8,15H,5,9-14H2,1-4H3. The molecule has 4 nitrogen and oxygen atoms in total. The molecular weight excluding hydrogens is 300 g/mol. The summed E-state index contributed by atoms with van der Waals surface area (Å²) in [4.78, 5) is 16.5. The maximum absolute atomic E-state index is 12.2. The van der Waals surface area contributed by atoms with Gasteiger partial charge in [-0.1, -0.05) is 19.1 Å². The van der Waals surface area contributed by atoms with Gasteiger partial charge in [0.25, 0.3) is 0 Å². The van der Waals surface area contributed by atoms with Gasteiger partial charge in [0.15, 0.2) is 0 Å². The van der Waals surface area contributed by atoms with Gasteiger partial charge in [0.2, 0.25) is 0 Å².